The molecule has 1 aromatic carbocycles. The van der Waals surface area contributed by atoms with Crippen molar-refractivity contribution >= 4 is 34.4 Å². The maximum atomic E-state index is 13.4. The number of pyridine rings is 1. The van der Waals surface area contributed by atoms with Crippen LogP contribution in [0.15, 0.2) is 47.1 Å². The Kier molecular flexibility index (Phi) is 5.87. The summed E-state index contributed by atoms with van der Waals surface area (Å²) in [6.45, 7) is 7.26. The molecule has 3 aromatic rings. The Morgan fingerprint density at radius 3 is 2.66 bits per heavy atom. The van der Waals surface area contributed by atoms with E-state index in [4.69, 9.17) is 14.1 Å². The van der Waals surface area contributed by atoms with Gasteiger partial charge in [-0.15, -0.1) is 0 Å². The lowest BCUT2D eigenvalue weighted by Crippen LogP contribution is -2.46. The molecule has 0 bridgehead atoms. The molecule has 0 spiro atoms. The predicted octanol–water partition coefficient (Wildman–Crippen LogP) is 5.16. The van der Waals surface area contributed by atoms with Gasteiger partial charge in [0.1, 0.15) is 5.76 Å². The molecule has 6 nitrogen and oxygen atoms in total. The molecule has 0 saturated heterocycles. The lowest BCUT2D eigenvalue weighted by Gasteiger charge is -2.25. The molecule has 32 heavy (non-hydrogen) atoms. The maximum Gasteiger partial charge on any atom is 0.339 e. The molecule has 4 rings (SSSR count). The van der Waals surface area contributed by atoms with Gasteiger partial charge < -0.3 is 14.5 Å². The topological polar surface area (TPSA) is 81.4 Å². The van der Waals surface area contributed by atoms with Crippen molar-refractivity contribution in [2.75, 3.05) is 0 Å². The van der Waals surface area contributed by atoms with Gasteiger partial charge in [-0.25, -0.2) is 9.78 Å². The molecular weight excluding hydrogens is 404 g/mol. The number of amides is 1. The molecular formula is C26H28N2O4. The lowest BCUT2D eigenvalue weighted by atomic mass is 9.86. The zero-order chi connectivity index (χ0) is 22.9. The lowest BCUT2D eigenvalue weighted by molar-refractivity contribution is -0.130. The number of nitrogens with one attached hydrogen (secondary N) is 1. The normalized spacial score (nSPS) is 15.9. The van der Waals surface area contributed by atoms with Gasteiger partial charge in [-0.05, 0) is 82.4 Å². The average molecular weight is 433 g/mol. The van der Waals surface area contributed by atoms with E-state index in [-0.39, 0.29) is 5.91 Å². The Morgan fingerprint density at radius 2 is 1.94 bits per heavy atom. The highest BCUT2D eigenvalue weighted by molar-refractivity contribution is 6.07. The Hall–Kier alpha value is -3.41. The number of aromatic nitrogens is 1. The van der Waals surface area contributed by atoms with E-state index in [1.807, 2.05) is 63.2 Å². The molecule has 1 atom stereocenters. The summed E-state index contributed by atoms with van der Waals surface area (Å²) < 4.78 is 11.1. The van der Waals surface area contributed by atoms with Crippen LogP contribution in [0.1, 0.15) is 67.9 Å². The van der Waals surface area contributed by atoms with Gasteiger partial charge in [0, 0.05) is 10.9 Å². The van der Waals surface area contributed by atoms with Crippen LogP contribution in [0.2, 0.25) is 0 Å². The summed E-state index contributed by atoms with van der Waals surface area (Å²) in [5, 5.41) is 3.59. The number of carbonyl (C=O) groups excluding carboxylic acids is 2. The third-order valence-electron chi connectivity index (χ3n) is 5.39. The van der Waals surface area contributed by atoms with Crippen molar-refractivity contribution in [3.05, 3.63) is 65.2 Å². The van der Waals surface area contributed by atoms with Gasteiger partial charge in [0.25, 0.3) is 5.91 Å². The zero-order valence-corrected chi connectivity index (χ0v) is 18.9. The van der Waals surface area contributed by atoms with Crippen molar-refractivity contribution in [1.29, 1.82) is 0 Å². The van der Waals surface area contributed by atoms with Crippen LogP contribution in [-0.2, 0) is 16.0 Å². The van der Waals surface area contributed by atoms with E-state index in [2.05, 4.69) is 5.32 Å². The third kappa shape index (κ3) is 4.59. The highest BCUT2D eigenvalue weighted by atomic mass is 16.5. The second-order valence-corrected chi connectivity index (χ2v) is 9.16. The van der Waals surface area contributed by atoms with E-state index in [1.165, 1.54) is 0 Å². The molecule has 2 heterocycles. The maximum absolute atomic E-state index is 13.4. The summed E-state index contributed by atoms with van der Waals surface area (Å²) in [5.74, 6) is -0.0773. The van der Waals surface area contributed by atoms with E-state index < -0.39 is 17.6 Å². The number of benzene rings is 1. The van der Waals surface area contributed by atoms with Crippen molar-refractivity contribution < 1.29 is 18.7 Å². The van der Waals surface area contributed by atoms with Crippen LogP contribution in [0.3, 0.4) is 0 Å². The van der Waals surface area contributed by atoms with Gasteiger partial charge >= 0.3 is 5.97 Å². The van der Waals surface area contributed by atoms with E-state index in [1.54, 1.807) is 13.2 Å². The van der Waals surface area contributed by atoms with Crippen LogP contribution in [0.25, 0.3) is 22.6 Å². The number of esters is 1. The van der Waals surface area contributed by atoms with Crippen LogP contribution in [0.4, 0.5) is 0 Å². The summed E-state index contributed by atoms with van der Waals surface area (Å²) in [6.07, 6.45) is 5.16. The Morgan fingerprint density at radius 1 is 1.16 bits per heavy atom. The van der Waals surface area contributed by atoms with Crippen LogP contribution >= 0.6 is 0 Å². The fourth-order valence-electron chi connectivity index (χ4n) is 4.00. The van der Waals surface area contributed by atoms with Crippen molar-refractivity contribution in [3.63, 3.8) is 0 Å². The number of nitrogens with zero attached hydrogens (tertiary/aromatic N) is 1. The second kappa shape index (κ2) is 8.61. The minimum absolute atomic E-state index is 0.323. The van der Waals surface area contributed by atoms with Crippen molar-refractivity contribution in [2.24, 2.45) is 0 Å². The van der Waals surface area contributed by atoms with Crippen LogP contribution in [0, 0.1) is 0 Å². The summed E-state index contributed by atoms with van der Waals surface area (Å²) >= 11 is 0. The fourth-order valence-corrected chi connectivity index (χ4v) is 4.00. The zero-order valence-electron chi connectivity index (χ0n) is 18.9. The quantitative estimate of drug-likeness (QED) is 0.576. The molecule has 2 aromatic heterocycles. The number of hydrogen-bond acceptors (Lipinski definition) is 5. The molecule has 1 aliphatic rings. The molecule has 0 radical (unpaired) electrons. The summed E-state index contributed by atoms with van der Waals surface area (Å²) in [7, 11) is 0. The van der Waals surface area contributed by atoms with E-state index in [0.717, 1.165) is 52.8 Å². The molecule has 1 aliphatic carbocycles. The molecule has 0 fully saturated rings. The Labute approximate surface area is 187 Å². The highest BCUT2D eigenvalue weighted by Gasteiger charge is 2.29. The first kappa shape index (κ1) is 21.8. The minimum atomic E-state index is -0.911. The van der Waals surface area contributed by atoms with Crippen LogP contribution in [-0.4, -0.2) is 28.5 Å². The standard InChI is InChI=1S/C26H28N2O4/c1-16(24(29)28-26(2,3)4)32-25(30)22-19-11-5-6-13-21(19)27-23-17(9-7-12-20(22)23)15-18-10-8-14-31-18/h5-6,8,10-11,13-16H,7,9,12H2,1-4H3,(H,28,29)/b17-15-. The number of furan rings is 1. The average Bonchev–Trinajstić information content (AvgIpc) is 3.24. The Bertz CT molecular complexity index is 1190. The molecule has 1 N–H and O–H groups in total. The van der Waals surface area contributed by atoms with Crippen molar-refractivity contribution in [2.45, 2.75) is 58.6 Å². The number of hydrogen-bond donors (Lipinski definition) is 1. The number of rotatable bonds is 4. The van der Waals surface area contributed by atoms with Gasteiger partial charge in [0.2, 0.25) is 0 Å². The van der Waals surface area contributed by atoms with E-state index >= 15 is 0 Å². The van der Waals surface area contributed by atoms with Gasteiger partial charge in [-0.1, -0.05) is 18.2 Å². The molecule has 166 valence electrons. The van der Waals surface area contributed by atoms with E-state index in [9.17, 15) is 9.59 Å². The summed E-state index contributed by atoms with van der Waals surface area (Å²) in [5.41, 5.74) is 3.49. The number of fused-ring (bicyclic) bond motifs is 2. The van der Waals surface area contributed by atoms with E-state index in [0.29, 0.717) is 5.56 Å². The predicted molar refractivity (Wildman–Crippen MR) is 124 cm³/mol. The SMILES string of the molecule is CC(OC(=O)c1c2c(nc3ccccc13)/C(=C\c1ccco1)CCC2)C(=O)NC(C)(C)C. The fraction of sp³-hybridized carbons (Fsp3) is 0.346. The monoisotopic (exact) mass is 432 g/mol. The van der Waals surface area contributed by atoms with Gasteiger partial charge in [-0.3, -0.25) is 4.79 Å². The highest BCUT2D eigenvalue weighted by Crippen LogP contribution is 2.36. The number of para-hydroxylation sites is 1. The first-order valence-corrected chi connectivity index (χ1v) is 10.9. The molecule has 1 unspecified atom stereocenters. The number of ether oxygens (including phenoxy) is 1. The summed E-state index contributed by atoms with van der Waals surface area (Å²) in [6, 6.07) is 11.3. The molecule has 1 amide bonds. The largest absolute Gasteiger partial charge is 0.465 e. The van der Waals surface area contributed by atoms with Crippen LogP contribution in [0.5, 0.6) is 0 Å². The van der Waals surface area contributed by atoms with Gasteiger partial charge in [-0.2, -0.15) is 0 Å². The first-order valence-electron chi connectivity index (χ1n) is 10.9. The minimum Gasteiger partial charge on any atom is -0.465 e. The van der Waals surface area contributed by atoms with Crippen molar-refractivity contribution in [3.8, 4) is 0 Å². The number of allylic oxidation sites excluding steroid dienone is 1. The first-order chi connectivity index (χ1) is 15.2. The Balaban J connectivity index is 1.76. The molecule has 0 aliphatic heterocycles. The molecule has 0 saturated carbocycles. The smallest absolute Gasteiger partial charge is 0.339 e. The van der Waals surface area contributed by atoms with Crippen LogP contribution < -0.4 is 5.32 Å². The third-order valence-corrected chi connectivity index (χ3v) is 5.39. The second-order valence-electron chi connectivity index (χ2n) is 9.16. The van der Waals surface area contributed by atoms with Crippen molar-refractivity contribution in [1.82, 2.24) is 10.3 Å². The number of carbonyl (C=O) groups is 2. The molecule has 6 heteroatoms. The van der Waals surface area contributed by atoms with Gasteiger partial charge in [0.05, 0.1) is 23.0 Å². The summed E-state index contributed by atoms with van der Waals surface area (Å²) in [4.78, 5) is 30.7. The van der Waals surface area contributed by atoms with Gasteiger partial charge in [0.15, 0.2) is 6.10 Å².